The number of anilines is 1. The first-order chi connectivity index (χ1) is 9.04. The summed E-state index contributed by atoms with van der Waals surface area (Å²) >= 11 is 0. The van der Waals surface area contributed by atoms with Gasteiger partial charge in [-0.3, -0.25) is 9.59 Å². The molecule has 104 valence electrons. The van der Waals surface area contributed by atoms with Gasteiger partial charge in [-0.25, -0.2) is 4.39 Å². The van der Waals surface area contributed by atoms with Gasteiger partial charge in [-0.15, -0.1) is 0 Å². The van der Waals surface area contributed by atoms with Crippen LogP contribution in [0.4, 0.5) is 10.1 Å². The van der Waals surface area contributed by atoms with Gasteiger partial charge in [-0.1, -0.05) is 19.1 Å². The number of carbonyl (C=O) groups excluding carboxylic acids is 2. The molecule has 1 unspecified atom stereocenters. The van der Waals surface area contributed by atoms with Crippen LogP contribution in [0.5, 0.6) is 0 Å². The molecule has 19 heavy (non-hydrogen) atoms. The molecule has 1 atom stereocenters. The summed E-state index contributed by atoms with van der Waals surface area (Å²) in [6, 6.07) is 4.97. The predicted octanol–water partition coefficient (Wildman–Crippen LogP) is 1.01. The van der Waals surface area contributed by atoms with Crippen molar-refractivity contribution in [1.29, 1.82) is 0 Å². The summed E-state index contributed by atoms with van der Waals surface area (Å²) in [5.41, 5.74) is 5.36. The number of benzene rings is 1. The number of nitrogens with two attached hydrogens (primary N) is 1. The van der Waals surface area contributed by atoms with E-state index < -0.39 is 17.8 Å². The molecule has 0 heterocycles. The lowest BCUT2D eigenvalue weighted by molar-refractivity contribution is -0.125. The van der Waals surface area contributed by atoms with Crippen molar-refractivity contribution in [1.82, 2.24) is 5.32 Å². The molecule has 0 aliphatic heterocycles. The predicted molar refractivity (Wildman–Crippen MR) is 70.9 cm³/mol. The lowest BCUT2D eigenvalue weighted by Gasteiger charge is -2.16. The normalized spacial score (nSPS) is 11.7. The van der Waals surface area contributed by atoms with Crippen LogP contribution in [0.3, 0.4) is 0 Å². The number of carbonyl (C=O) groups is 2. The van der Waals surface area contributed by atoms with E-state index >= 15 is 0 Å². The third kappa shape index (κ3) is 4.95. The second kappa shape index (κ2) is 7.35. The molecule has 2 amide bonds. The molecule has 0 bridgehead atoms. The molecule has 1 aromatic carbocycles. The Bertz CT molecular complexity index is 451. The smallest absolute Gasteiger partial charge is 0.240 e. The molecule has 0 saturated carbocycles. The summed E-state index contributed by atoms with van der Waals surface area (Å²) in [7, 11) is 0. The van der Waals surface area contributed by atoms with E-state index in [0.717, 1.165) is 6.42 Å². The van der Waals surface area contributed by atoms with Gasteiger partial charge in [0.05, 0.1) is 12.1 Å². The van der Waals surface area contributed by atoms with Gasteiger partial charge in [-0.05, 0) is 18.6 Å². The zero-order chi connectivity index (χ0) is 14.3. The highest BCUT2D eigenvalue weighted by Crippen LogP contribution is 2.14. The van der Waals surface area contributed by atoms with Gasteiger partial charge in [0.2, 0.25) is 11.8 Å². The molecule has 1 rings (SSSR count). The van der Waals surface area contributed by atoms with Crippen molar-refractivity contribution in [3.63, 3.8) is 0 Å². The van der Waals surface area contributed by atoms with E-state index in [1.807, 2.05) is 6.92 Å². The summed E-state index contributed by atoms with van der Waals surface area (Å²) in [6.45, 7) is 2.45. The molecule has 0 aliphatic carbocycles. The Labute approximate surface area is 111 Å². The van der Waals surface area contributed by atoms with Crippen LogP contribution in [0, 0.1) is 5.82 Å². The largest absolute Gasteiger partial charge is 0.371 e. The average molecular weight is 267 g/mol. The fourth-order valence-corrected chi connectivity index (χ4v) is 1.51. The lowest BCUT2D eigenvalue weighted by atomic mass is 10.1. The standard InChI is InChI=1S/C13H18FN3O2/c1-2-7-16-12(18)8-11(13(15)19)17-10-6-4-3-5-9(10)14/h3-6,11,17H,2,7-8H2,1H3,(H2,15,19)(H,16,18). The van der Waals surface area contributed by atoms with Gasteiger partial charge in [0.25, 0.3) is 0 Å². The molecule has 0 aliphatic rings. The van der Waals surface area contributed by atoms with Crippen LogP contribution in [0.1, 0.15) is 19.8 Å². The maximum Gasteiger partial charge on any atom is 0.240 e. The zero-order valence-electron chi connectivity index (χ0n) is 10.8. The quantitative estimate of drug-likeness (QED) is 0.689. The molecule has 0 aromatic heterocycles. The number of nitrogens with one attached hydrogen (secondary N) is 2. The van der Waals surface area contributed by atoms with E-state index in [0.29, 0.717) is 6.54 Å². The molecule has 5 nitrogen and oxygen atoms in total. The highest BCUT2D eigenvalue weighted by Gasteiger charge is 2.20. The van der Waals surface area contributed by atoms with Gasteiger partial charge in [-0.2, -0.15) is 0 Å². The van der Waals surface area contributed by atoms with Gasteiger partial charge in [0.1, 0.15) is 11.9 Å². The van der Waals surface area contributed by atoms with Crippen molar-refractivity contribution in [3.8, 4) is 0 Å². The third-order valence-corrected chi connectivity index (χ3v) is 2.51. The Balaban J connectivity index is 2.66. The zero-order valence-corrected chi connectivity index (χ0v) is 10.8. The van der Waals surface area contributed by atoms with Crippen LogP contribution in [-0.2, 0) is 9.59 Å². The molecule has 1 aromatic rings. The minimum Gasteiger partial charge on any atom is -0.371 e. The fraction of sp³-hybridized carbons (Fsp3) is 0.385. The molecular weight excluding hydrogens is 249 g/mol. The lowest BCUT2D eigenvalue weighted by Crippen LogP contribution is -2.40. The highest BCUT2D eigenvalue weighted by molar-refractivity contribution is 5.89. The minimum atomic E-state index is -0.936. The molecule has 0 spiro atoms. The number of primary amides is 1. The maximum atomic E-state index is 13.4. The van der Waals surface area contributed by atoms with E-state index in [1.165, 1.54) is 18.2 Å². The van der Waals surface area contributed by atoms with Gasteiger partial charge in [0.15, 0.2) is 0 Å². The SMILES string of the molecule is CCCNC(=O)CC(Nc1ccccc1F)C(N)=O. The van der Waals surface area contributed by atoms with Gasteiger partial charge in [0, 0.05) is 6.54 Å². The van der Waals surface area contributed by atoms with E-state index in [2.05, 4.69) is 10.6 Å². The number of para-hydroxylation sites is 1. The summed E-state index contributed by atoms with van der Waals surface area (Å²) in [5, 5.41) is 5.28. The first kappa shape index (κ1) is 14.9. The van der Waals surface area contributed by atoms with Crippen molar-refractivity contribution in [2.75, 3.05) is 11.9 Å². The van der Waals surface area contributed by atoms with Crippen molar-refractivity contribution in [2.24, 2.45) is 5.73 Å². The Morgan fingerprint density at radius 1 is 1.37 bits per heavy atom. The first-order valence-corrected chi connectivity index (χ1v) is 6.11. The van der Waals surface area contributed by atoms with Gasteiger partial charge >= 0.3 is 0 Å². The molecule has 0 saturated heterocycles. The topological polar surface area (TPSA) is 84.2 Å². The number of rotatable bonds is 7. The van der Waals surface area contributed by atoms with Crippen molar-refractivity contribution >= 4 is 17.5 Å². The van der Waals surface area contributed by atoms with E-state index in [-0.39, 0.29) is 18.0 Å². The Morgan fingerprint density at radius 3 is 2.63 bits per heavy atom. The van der Waals surface area contributed by atoms with Crippen LogP contribution in [0.25, 0.3) is 0 Å². The highest BCUT2D eigenvalue weighted by atomic mass is 19.1. The van der Waals surface area contributed by atoms with Gasteiger partial charge < -0.3 is 16.4 Å². The van der Waals surface area contributed by atoms with Crippen molar-refractivity contribution in [3.05, 3.63) is 30.1 Å². The molecular formula is C13H18FN3O2. The molecule has 4 N–H and O–H groups in total. The minimum absolute atomic E-state index is 0.121. The Kier molecular flexibility index (Phi) is 5.78. The first-order valence-electron chi connectivity index (χ1n) is 6.11. The average Bonchev–Trinajstić information content (AvgIpc) is 2.38. The van der Waals surface area contributed by atoms with Crippen LogP contribution in [-0.4, -0.2) is 24.4 Å². The van der Waals surface area contributed by atoms with E-state index in [9.17, 15) is 14.0 Å². The second-order valence-electron chi connectivity index (χ2n) is 4.13. The van der Waals surface area contributed by atoms with Crippen LogP contribution in [0.15, 0.2) is 24.3 Å². The summed E-state index contributed by atoms with van der Waals surface area (Å²) < 4.78 is 13.4. The van der Waals surface area contributed by atoms with Crippen molar-refractivity contribution < 1.29 is 14.0 Å². The summed E-state index contributed by atoms with van der Waals surface area (Å²) in [5.74, 6) is -1.49. The monoisotopic (exact) mass is 267 g/mol. The van der Waals surface area contributed by atoms with Crippen LogP contribution < -0.4 is 16.4 Å². The molecule has 0 fully saturated rings. The van der Waals surface area contributed by atoms with Crippen molar-refractivity contribution in [2.45, 2.75) is 25.8 Å². The number of amides is 2. The fourth-order valence-electron chi connectivity index (χ4n) is 1.51. The van der Waals surface area contributed by atoms with E-state index in [4.69, 9.17) is 5.73 Å². The Hall–Kier alpha value is -2.11. The van der Waals surface area contributed by atoms with Crippen LogP contribution >= 0.6 is 0 Å². The second-order valence-corrected chi connectivity index (χ2v) is 4.13. The van der Waals surface area contributed by atoms with Crippen LogP contribution in [0.2, 0.25) is 0 Å². The molecule has 0 radical (unpaired) electrons. The van der Waals surface area contributed by atoms with E-state index in [1.54, 1.807) is 6.07 Å². The number of halogens is 1. The number of hydrogen-bond donors (Lipinski definition) is 3. The third-order valence-electron chi connectivity index (χ3n) is 2.51. The summed E-state index contributed by atoms with van der Waals surface area (Å²) in [6.07, 6.45) is 0.678. The maximum absolute atomic E-state index is 13.4. The molecule has 6 heteroatoms. The summed E-state index contributed by atoms with van der Waals surface area (Å²) in [4.78, 5) is 22.8. The number of hydrogen-bond acceptors (Lipinski definition) is 3. The Morgan fingerprint density at radius 2 is 2.05 bits per heavy atom.